The lowest BCUT2D eigenvalue weighted by molar-refractivity contribution is 0.219. The number of fused-ring (bicyclic) bond motifs is 1. The first-order valence-corrected chi connectivity index (χ1v) is 12.3. The van der Waals surface area contributed by atoms with E-state index in [1.165, 1.54) is 6.33 Å². The molecule has 0 radical (unpaired) electrons. The van der Waals surface area contributed by atoms with Gasteiger partial charge >= 0.3 is 7.60 Å². The van der Waals surface area contributed by atoms with Crippen LogP contribution in [0.5, 0.6) is 5.75 Å². The molecular formula is C21H30N5O4P. The summed E-state index contributed by atoms with van der Waals surface area (Å²) in [6.07, 6.45) is 6.42. The fourth-order valence-corrected chi connectivity index (χ4v) is 4.95. The molecule has 0 fully saturated rings. The average Bonchev–Trinajstić information content (AvgIpc) is 3.16. The number of aromatic nitrogens is 4. The highest BCUT2D eigenvalue weighted by molar-refractivity contribution is 7.53. The maximum absolute atomic E-state index is 12.6. The van der Waals surface area contributed by atoms with Gasteiger partial charge in [0.2, 0.25) is 0 Å². The van der Waals surface area contributed by atoms with Crippen molar-refractivity contribution in [3.8, 4) is 5.75 Å². The fraction of sp³-hybridized carbons (Fsp3) is 0.476. The number of aryl methyl sites for hydroxylation is 1. The Bertz CT molecular complexity index is 999. The van der Waals surface area contributed by atoms with Gasteiger partial charge in [-0.1, -0.05) is 12.1 Å². The first-order valence-electron chi connectivity index (χ1n) is 10.6. The summed E-state index contributed by atoms with van der Waals surface area (Å²) < 4.78 is 31.1. The third kappa shape index (κ3) is 6.50. The molecule has 0 aliphatic carbocycles. The molecule has 3 aromatic rings. The van der Waals surface area contributed by atoms with E-state index in [4.69, 9.17) is 19.5 Å². The number of unbranched alkanes of at least 4 members (excludes halogenated alkanes) is 2. The van der Waals surface area contributed by atoms with Crippen molar-refractivity contribution in [2.75, 3.05) is 25.6 Å². The Labute approximate surface area is 182 Å². The Balaban J connectivity index is 1.39. The Morgan fingerprint density at radius 2 is 1.74 bits per heavy atom. The van der Waals surface area contributed by atoms with Gasteiger partial charge in [0.1, 0.15) is 17.6 Å². The number of rotatable bonds is 13. The summed E-state index contributed by atoms with van der Waals surface area (Å²) in [5, 5.41) is 0. The summed E-state index contributed by atoms with van der Waals surface area (Å²) >= 11 is 0. The van der Waals surface area contributed by atoms with Crippen molar-refractivity contribution < 1.29 is 18.3 Å². The van der Waals surface area contributed by atoms with Crippen molar-refractivity contribution in [1.29, 1.82) is 0 Å². The van der Waals surface area contributed by atoms with Gasteiger partial charge in [0.25, 0.3) is 0 Å². The molecule has 2 N–H and O–H groups in total. The van der Waals surface area contributed by atoms with Gasteiger partial charge in [0, 0.05) is 6.54 Å². The summed E-state index contributed by atoms with van der Waals surface area (Å²) in [5.41, 5.74) is 8.13. The van der Waals surface area contributed by atoms with Gasteiger partial charge in [-0.05, 0) is 50.8 Å². The molecule has 31 heavy (non-hydrogen) atoms. The molecule has 0 spiro atoms. The highest BCUT2D eigenvalue weighted by Gasteiger charge is 2.23. The van der Waals surface area contributed by atoms with Crippen molar-refractivity contribution in [2.45, 2.75) is 45.8 Å². The Morgan fingerprint density at radius 3 is 2.45 bits per heavy atom. The van der Waals surface area contributed by atoms with E-state index in [1.807, 2.05) is 42.7 Å². The number of nitrogens with two attached hydrogens (primary N) is 1. The second-order valence-corrected chi connectivity index (χ2v) is 9.08. The molecule has 0 atom stereocenters. The number of nitrogens with zero attached hydrogens (tertiary/aromatic N) is 4. The van der Waals surface area contributed by atoms with Crippen LogP contribution in [-0.4, -0.2) is 39.3 Å². The van der Waals surface area contributed by atoms with Crippen molar-refractivity contribution in [3.63, 3.8) is 0 Å². The number of anilines is 1. The van der Waals surface area contributed by atoms with Crippen LogP contribution in [0.2, 0.25) is 0 Å². The topological polar surface area (TPSA) is 114 Å². The first-order chi connectivity index (χ1) is 15.0. The van der Waals surface area contributed by atoms with Crippen molar-refractivity contribution in [3.05, 3.63) is 42.5 Å². The minimum Gasteiger partial charge on any atom is -0.494 e. The first kappa shape index (κ1) is 23.2. The molecule has 0 aliphatic heterocycles. The number of hydrogen-bond acceptors (Lipinski definition) is 8. The quantitative estimate of drug-likeness (QED) is 0.302. The van der Waals surface area contributed by atoms with Crippen LogP contribution in [0.4, 0.5) is 5.82 Å². The molecule has 1 aromatic carbocycles. The number of ether oxygens (including phenoxy) is 1. The number of benzene rings is 1. The maximum Gasteiger partial charge on any atom is 0.335 e. The van der Waals surface area contributed by atoms with Crippen molar-refractivity contribution >= 4 is 24.6 Å². The Kier molecular flexibility index (Phi) is 8.40. The zero-order valence-corrected chi connectivity index (χ0v) is 19.0. The minimum atomic E-state index is -3.09. The molecule has 2 heterocycles. The van der Waals surface area contributed by atoms with Gasteiger partial charge < -0.3 is 24.1 Å². The minimum absolute atomic E-state index is 0.258. The van der Waals surface area contributed by atoms with Crippen LogP contribution < -0.4 is 10.5 Å². The average molecular weight is 447 g/mol. The summed E-state index contributed by atoms with van der Waals surface area (Å²) in [4.78, 5) is 12.5. The van der Waals surface area contributed by atoms with Crippen LogP contribution in [0.3, 0.4) is 0 Å². The van der Waals surface area contributed by atoms with Crippen LogP contribution >= 0.6 is 7.60 Å². The van der Waals surface area contributed by atoms with E-state index in [0.717, 1.165) is 42.8 Å². The molecule has 0 saturated carbocycles. The summed E-state index contributed by atoms with van der Waals surface area (Å²) in [6.45, 7) is 5.79. The highest BCUT2D eigenvalue weighted by atomic mass is 31.2. The Hall–Kier alpha value is -2.48. The summed E-state index contributed by atoms with van der Waals surface area (Å²) in [7, 11) is -3.09. The van der Waals surface area contributed by atoms with E-state index in [2.05, 4.69) is 15.0 Å². The van der Waals surface area contributed by atoms with E-state index >= 15 is 0 Å². The zero-order chi connectivity index (χ0) is 22.1. The second-order valence-electron chi connectivity index (χ2n) is 7.03. The lowest BCUT2D eigenvalue weighted by atomic mass is 10.2. The van der Waals surface area contributed by atoms with Crippen LogP contribution in [0.15, 0.2) is 36.9 Å². The Morgan fingerprint density at radius 1 is 1.00 bits per heavy atom. The summed E-state index contributed by atoms with van der Waals surface area (Å²) in [5.74, 6) is 1.20. The number of hydrogen-bond donors (Lipinski definition) is 1. The molecule has 0 unspecified atom stereocenters. The van der Waals surface area contributed by atoms with Crippen LogP contribution in [-0.2, 0) is 26.3 Å². The van der Waals surface area contributed by atoms with Gasteiger partial charge in [0.05, 0.1) is 32.3 Å². The largest absolute Gasteiger partial charge is 0.494 e. The second kappa shape index (κ2) is 11.2. The maximum atomic E-state index is 12.6. The molecule has 9 nitrogen and oxygen atoms in total. The fourth-order valence-electron chi connectivity index (χ4n) is 3.25. The molecule has 0 saturated heterocycles. The molecule has 0 aliphatic rings. The van der Waals surface area contributed by atoms with Crippen LogP contribution in [0, 0.1) is 0 Å². The normalized spacial score (nSPS) is 11.8. The third-order valence-corrected chi connectivity index (χ3v) is 6.75. The van der Waals surface area contributed by atoms with E-state index in [-0.39, 0.29) is 6.16 Å². The van der Waals surface area contributed by atoms with E-state index in [9.17, 15) is 4.57 Å². The van der Waals surface area contributed by atoms with Gasteiger partial charge in [0.15, 0.2) is 11.5 Å². The van der Waals surface area contributed by atoms with E-state index in [1.54, 1.807) is 6.33 Å². The molecule has 10 heteroatoms. The molecule has 2 aromatic heterocycles. The van der Waals surface area contributed by atoms with Crippen LogP contribution in [0.25, 0.3) is 11.2 Å². The lowest BCUT2D eigenvalue weighted by Crippen LogP contribution is -2.02. The predicted molar refractivity (Wildman–Crippen MR) is 120 cm³/mol. The predicted octanol–water partition coefficient (Wildman–Crippen LogP) is 4.42. The van der Waals surface area contributed by atoms with Gasteiger partial charge in [-0.2, -0.15) is 0 Å². The van der Waals surface area contributed by atoms with E-state index < -0.39 is 7.60 Å². The van der Waals surface area contributed by atoms with Gasteiger partial charge in [-0.15, -0.1) is 0 Å². The molecular weight excluding hydrogens is 417 g/mol. The lowest BCUT2D eigenvalue weighted by Gasteiger charge is -2.17. The molecule has 168 valence electrons. The third-order valence-electron chi connectivity index (χ3n) is 4.69. The van der Waals surface area contributed by atoms with Crippen molar-refractivity contribution in [2.24, 2.45) is 0 Å². The highest BCUT2D eigenvalue weighted by Crippen LogP contribution is 2.51. The smallest absolute Gasteiger partial charge is 0.335 e. The number of nitrogen functional groups attached to an aromatic ring is 1. The monoisotopic (exact) mass is 447 g/mol. The van der Waals surface area contributed by atoms with E-state index in [0.29, 0.717) is 31.2 Å². The SMILES string of the molecule is CCOP(=O)(Cc1ccc(OCCCCCn2cnc3c(N)ncnc32)cc1)OCC. The summed E-state index contributed by atoms with van der Waals surface area (Å²) in [6, 6.07) is 7.58. The molecule has 0 bridgehead atoms. The standard InChI is InChI=1S/C21H30N5O4P/c1-3-29-31(27,30-4-2)14-17-8-10-18(11-9-17)28-13-7-5-6-12-26-16-25-19-20(22)23-15-24-21(19)26/h8-11,15-16H,3-7,12-14H2,1-2H3,(H2,22,23,24). The number of imidazole rings is 1. The van der Waals surface area contributed by atoms with Crippen LogP contribution in [0.1, 0.15) is 38.7 Å². The molecule has 0 amide bonds. The van der Waals surface area contributed by atoms with Gasteiger partial charge in [-0.25, -0.2) is 15.0 Å². The van der Waals surface area contributed by atoms with Gasteiger partial charge in [-0.3, -0.25) is 4.57 Å². The molecule has 3 rings (SSSR count). The zero-order valence-electron chi connectivity index (χ0n) is 18.1. The van der Waals surface area contributed by atoms with Crippen molar-refractivity contribution in [1.82, 2.24) is 19.5 Å².